The standard InChI is InChI=1S/C20H24N4/c1-17(2)14-23(15-18-7-3-4-11-22-18)16-20-9-6-12-24(20)19-8-5-10-21-13-19/h3-13,17H,14-16H2,1-2H3. The van der Waals surface area contributed by atoms with Gasteiger partial charge in [0, 0.05) is 43.9 Å². The normalized spacial score (nSPS) is 11.3. The average molecular weight is 320 g/mol. The van der Waals surface area contributed by atoms with Crippen molar-refractivity contribution in [2.75, 3.05) is 6.54 Å². The molecule has 0 bridgehead atoms. The summed E-state index contributed by atoms with van der Waals surface area (Å²) in [5.74, 6) is 0.607. The van der Waals surface area contributed by atoms with E-state index in [0.717, 1.165) is 31.0 Å². The number of rotatable bonds is 7. The minimum atomic E-state index is 0.607. The van der Waals surface area contributed by atoms with E-state index < -0.39 is 0 Å². The molecule has 0 amide bonds. The largest absolute Gasteiger partial charge is 0.318 e. The van der Waals surface area contributed by atoms with Gasteiger partial charge in [-0.25, -0.2) is 0 Å². The van der Waals surface area contributed by atoms with Gasteiger partial charge in [-0.1, -0.05) is 19.9 Å². The van der Waals surface area contributed by atoms with Crippen LogP contribution in [0, 0.1) is 5.92 Å². The molecule has 0 aliphatic carbocycles. The Hall–Kier alpha value is -2.46. The topological polar surface area (TPSA) is 34.0 Å². The maximum absolute atomic E-state index is 4.48. The van der Waals surface area contributed by atoms with Crippen LogP contribution >= 0.6 is 0 Å². The molecule has 0 aliphatic heterocycles. The summed E-state index contributed by atoms with van der Waals surface area (Å²) in [6.45, 7) is 7.29. The summed E-state index contributed by atoms with van der Waals surface area (Å²) >= 11 is 0. The molecule has 3 rings (SSSR count). The lowest BCUT2D eigenvalue weighted by atomic mass is 10.2. The molecule has 0 N–H and O–H groups in total. The minimum Gasteiger partial charge on any atom is -0.318 e. The summed E-state index contributed by atoms with van der Waals surface area (Å²) in [4.78, 5) is 11.2. The molecule has 3 aromatic rings. The van der Waals surface area contributed by atoms with Gasteiger partial charge in [-0.2, -0.15) is 0 Å². The van der Waals surface area contributed by atoms with Crippen molar-refractivity contribution in [1.82, 2.24) is 19.4 Å². The van der Waals surface area contributed by atoms with E-state index in [2.05, 4.69) is 63.7 Å². The van der Waals surface area contributed by atoms with Gasteiger partial charge in [0.05, 0.1) is 17.6 Å². The molecule has 0 unspecified atom stereocenters. The van der Waals surface area contributed by atoms with Gasteiger partial charge >= 0.3 is 0 Å². The summed E-state index contributed by atoms with van der Waals surface area (Å²) in [5.41, 5.74) is 3.47. The molecule has 0 saturated carbocycles. The van der Waals surface area contributed by atoms with Crippen LogP contribution in [-0.2, 0) is 13.1 Å². The van der Waals surface area contributed by atoms with Crippen LogP contribution in [0.5, 0.6) is 0 Å². The number of hydrogen-bond acceptors (Lipinski definition) is 3. The Morgan fingerprint density at radius 1 is 1.00 bits per heavy atom. The first-order chi connectivity index (χ1) is 11.7. The molecule has 4 nitrogen and oxygen atoms in total. The molecule has 0 spiro atoms. The van der Waals surface area contributed by atoms with Crippen LogP contribution in [0.15, 0.2) is 67.3 Å². The molecule has 124 valence electrons. The van der Waals surface area contributed by atoms with Crippen molar-refractivity contribution in [2.24, 2.45) is 5.92 Å². The van der Waals surface area contributed by atoms with Crippen LogP contribution in [-0.4, -0.2) is 26.0 Å². The summed E-state index contributed by atoms with van der Waals surface area (Å²) < 4.78 is 2.21. The Morgan fingerprint density at radius 2 is 1.92 bits per heavy atom. The van der Waals surface area contributed by atoms with E-state index in [1.165, 1.54) is 5.69 Å². The van der Waals surface area contributed by atoms with E-state index in [4.69, 9.17) is 0 Å². The second-order valence-corrected chi connectivity index (χ2v) is 6.47. The highest BCUT2D eigenvalue weighted by Crippen LogP contribution is 2.16. The first-order valence-electron chi connectivity index (χ1n) is 8.41. The molecule has 0 fully saturated rings. The van der Waals surface area contributed by atoms with Crippen LogP contribution in [0.25, 0.3) is 5.69 Å². The van der Waals surface area contributed by atoms with Crippen molar-refractivity contribution < 1.29 is 0 Å². The second kappa shape index (κ2) is 7.88. The maximum atomic E-state index is 4.48. The van der Waals surface area contributed by atoms with E-state index in [-0.39, 0.29) is 0 Å². The zero-order valence-corrected chi connectivity index (χ0v) is 14.3. The quantitative estimate of drug-likeness (QED) is 0.661. The van der Waals surface area contributed by atoms with Crippen LogP contribution < -0.4 is 0 Å². The highest BCUT2D eigenvalue weighted by Gasteiger charge is 2.13. The molecule has 24 heavy (non-hydrogen) atoms. The summed E-state index contributed by atoms with van der Waals surface area (Å²) in [5, 5.41) is 0. The Kier molecular flexibility index (Phi) is 5.39. The Labute approximate surface area is 143 Å². The number of nitrogens with zero attached hydrogens (tertiary/aromatic N) is 4. The third-order valence-electron chi connectivity index (χ3n) is 3.88. The lowest BCUT2D eigenvalue weighted by molar-refractivity contribution is 0.221. The fourth-order valence-corrected chi connectivity index (χ4v) is 2.94. The Morgan fingerprint density at radius 3 is 2.62 bits per heavy atom. The van der Waals surface area contributed by atoms with E-state index in [9.17, 15) is 0 Å². The third-order valence-corrected chi connectivity index (χ3v) is 3.88. The lowest BCUT2D eigenvalue weighted by Crippen LogP contribution is -2.28. The highest BCUT2D eigenvalue weighted by molar-refractivity contribution is 5.32. The lowest BCUT2D eigenvalue weighted by Gasteiger charge is -2.24. The van der Waals surface area contributed by atoms with Gasteiger partial charge in [-0.15, -0.1) is 0 Å². The van der Waals surface area contributed by atoms with Crippen molar-refractivity contribution in [2.45, 2.75) is 26.9 Å². The average Bonchev–Trinajstić information content (AvgIpc) is 3.04. The van der Waals surface area contributed by atoms with Gasteiger partial charge in [0.1, 0.15) is 0 Å². The van der Waals surface area contributed by atoms with Crippen molar-refractivity contribution in [3.8, 4) is 5.69 Å². The van der Waals surface area contributed by atoms with E-state index in [0.29, 0.717) is 5.92 Å². The molecule has 0 aliphatic rings. The van der Waals surface area contributed by atoms with Crippen molar-refractivity contribution >= 4 is 0 Å². The van der Waals surface area contributed by atoms with Crippen LogP contribution in [0.2, 0.25) is 0 Å². The molecule has 4 heteroatoms. The predicted molar refractivity (Wildman–Crippen MR) is 96.8 cm³/mol. The zero-order chi connectivity index (χ0) is 16.8. The molecule has 3 heterocycles. The summed E-state index contributed by atoms with van der Waals surface area (Å²) in [6.07, 6.45) is 7.66. The molecular formula is C20H24N4. The molecule has 0 aromatic carbocycles. The van der Waals surface area contributed by atoms with Crippen LogP contribution in [0.3, 0.4) is 0 Å². The van der Waals surface area contributed by atoms with Gasteiger partial charge in [0.25, 0.3) is 0 Å². The minimum absolute atomic E-state index is 0.607. The highest BCUT2D eigenvalue weighted by atomic mass is 15.2. The van der Waals surface area contributed by atoms with Crippen molar-refractivity contribution in [1.29, 1.82) is 0 Å². The monoisotopic (exact) mass is 320 g/mol. The summed E-state index contributed by atoms with van der Waals surface area (Å²) in [6, 6.07) is 14.4. The fourth-order valence-electron chi connectivity index (χ4n) is 2.94. The van der Waals surface area contributed by atoms with Crippen LogP contribution in [0.1, 0.15) is 25.2 Å². The van der Waals surface area contributed by atoms with E-state index >= 15 is 0 Å². The Balaban J connectivity index is 1.79. The van der Waals surface area contributed by atoms with Gasteiger partial charge in [0.15, 0.2) is 0 Å². The van der Waals surface area contributed by atoms with Gasteiger partial charge in [-0.05, 0) is 42.3 Å². The molecule has 0 saturated heterocycles. The van der Waals surface area contributed by atoms with Gasteiger partial charge in [-0.3, -0.25) is 14.9 Å². The molecule has 3 aromatic heterocycles. The van der Waals surface area contributed by atoms with Gasteiger partial charge in [0.2, 0.25) is 0 Å². The molecular weight excluding hydrogens is 296 g/mol. The summed E-state index contributed by atoms with van der Waals surface area (Å²) in [7, 11) is 0. The van der Waals surface area contributed by atoms with E-state index in [1.54, 1.807) is 6.20 Å². The SMILES string of the molecule is CC(C)CN(Cc1ccccn1)Cc1cccn1-c1cccnc1. The number of aromatic nitrogens is 3. The molecule has 0 radical (unpaired) electrons. The first kappa shape index (κ1) is 16.4. The molecule has 0 atom stereocenters. The number of pyridine rings is 2. The van der Waals surface area contributed by atoms with Gasteiger partial charge < -0.3 is 4.57 Å². The van der Waals surface area contributed by atoms with E-state index in [1.807, 2.05) is 30.6 Å². The smallest absolute Gasteiger partial charge is 0.0636 e. The maximum Gasteiger partial charge on any atom is 0.0636 e. The fraction of sp³-hybridized carbons (Fsp3) is 0.300. The third kappa shape index (κ3) is 4.30. The predicted octanol–water partition coefficient (Wildman–Crippen LogP) is 3.93. The first-order valence-corrected chi connectivity index (χ1v) is 8.41. The Bertz CT molecular complexity index is 735. The van der Waals surface area contributed by atoms with Crippen molar-refractivity contribution in [3.63, 3.8) is 0 Å². The number of hydrogen-bond donors (Lipinski definition) is 0. The second-order valence-electron chi connectivity index (χ2n) is 6.47. The zero-order valence-electron chi connectivity index (χ0n) is 14.3. The van der Waals surface area contributed by atoms with Crippen molar-refractivity contribution in [3.05, 3.63) is 78.6 Å². The van der Waals surface area contributed by atoms with Crippen LogP contribution in [0.4, 0.5) is 0 Å².